The summed E-state index contributed by atoms with van der Waals surface area (Å²) in [5, 5.41) is -0.134. The number of methoxy groups -OCH3 is 2. The molecule has 16 heavy (non-hydrogen) atoms. The molecule has 1 rings (SSSR count). The quantitative estimate of drug-likeness (QED) is 0.716. The van der Waals surface area contributed by atoms with Crippen LogP contribution in [0.25, 0.3) is 0 Å². The van der Waals surface area contributed by atoms with E-state index in [2.05, 4.69) is 0 Å². The summed E-state index contributed by atoms with van der Waals surface area (Å²) < 4.78 is 10.3. The molecule has 0 radical (unpaired) electrons. The first-order valence-electron chi connectivity index (χ1n) is 5.05. The molecule has 0 aliphatic carbocycles. The molecule has 0 bridgehead atoms. The second kappa shape index (κ2) is 6.43. The molecule has 0 aliphatic rings. The van der Waals surface area contributed by atoms with Crippen LogP contribution < -0.4 is 9.47 Å². The second-order valence-electron chi connectivity index (χ2n) is 3.13. The predicted molar refractivity (Wildman–Crippen MR) is 66.5 cm³/mol. The SMILES string of the molecule is CCSC(C=O)c1ccc(OC)c(OC)c1. The summed E-state index contributed by atoms with van der Waals surface area (Å²) in [6.07, 6.45) is 0.954. The number of carbonyl (C=O) groups excluding carboxylic acids is 1. The number of hydrogen-bond acceptors (Lipinski definition) is 4. The lowest BCUT2D eigenvalue weighted by Crippen LogP contribution is -1.98. The number of thioether (sulfide) groups is 1. The fourth-order valence-electron chi connectivity index (χ4n) is 1.42. The van der Waals surface area contributed by atoms with Crippen molar-refractivity contribution in [2.75, 3.05) is 20.0 Å². The van der Waals surface area contributed by atoms with Crippen LogP contribution in [0, 0.1) is 0 Å². The molecule has 1 atom stereocenters. The summed E-state index contributed by atoms with van der Waals surface area (Å²) in [5.41, 5.74) is 0.944. The van der Waals surface area contributed by atoms with Crippen molar-refractivity contribution in [2.45, 2.75) is 12.2 Å². The lowest BCUT2D eigenvalue weighted by molar-refractivity contribution is -0.107. The summed E-state index contributed by atoms with van der Waals surface area (Å²) in [7, 11) is 3.18. The van der Waals surface area contributed by atoms with Crippen molar-refractivity contribution in [1.82, 2.24) is 0 Å². The van der Waals surface area contributed by atoms with Crippen LogP contribution in [-0.2, 0) is 4.79 Å². The fourth-order valence-corrected chi connectivity index (χ4v) is 2.20. The first kappa shape index (κ1) is 12.9. The lowest BCUT2D eigenvalue weighted by atomic mass is 10.1. The van der Waals surface area contributed by atoms with E-state index < -0.39 is 0 Å². The standard InChI is InChI=1S/C12H16O3S/c1-4-16-12(8-13)9-5-6-10(14-2)11(7-9)15-3/h5-8,12H,4H2,1-3H3. The van der Waals surface area contributed by atoms with Gasteiger partial charge in [0, 0.05) is 0 Å². The van der Waals surface area contributed by atoms with Gasteiger partial charge < -0.3 is 14.3 Å². The van der Waals surface area contributed by atoms with Gasteiger partial charge in [0.25, 0.3) is 0 Å². The van der Waals surface area contributed by atoms with Gasteiger partial charge in [-0.25, -0.2) is 0 Å². The van der Waals surface area contributed by atoms with Crippen LogP contribution in [0.4, 0.5) is 0 Å². The Kier molecular flexibility index (Phi) is 5.19. The average Bonchev–Trinajstić information content (AvgIpc) is 2.35. The Balaban J connectivity index is 3.00. The van der Waals surface area contributed by atoms with Gasteiger partial charge in [0.2, 0.25) is 0 Å². The van der Waals surface area contributed by atoms with Crippen LogP contribution in [0.3, 0.4) is 0 Å². The van der Waals surface area contributed by atoms with Gasteiger partial charge in [0.15, 0.2) is 11.5 Å². The summed E-state index contributed by atoms with van der Waals surface area (Å²) in [6.45, 7) is 2.03. The third-order valence-corrected chi connectivity index (χ3v) is 3.28. The monoisotopic (exact) mass is 240 g/mol. The highest BCUT2D eigenvalue weighted by molar-refractivity contribution is 8.00. The molecule has 4 heteroatoms. The maximum Gasteiger partial charge on any atom is 0.161 e. The molecule has 88 valence electrons. The van der Waals surface area contributed by atoms with Crippen LogP contribution in [-0.4, -0.2) is 26.3 Å². The van der Waals surface area contributed by atoms with Gasteiger partial charge >= 0.3 is 0 Å². The number of hydrogen-bond donors (Lipinski definition) is 0. The summed E-state index contributed by atoms with van der Waals surface area (Å²) >= 11 is 1.60. The summed E-state index contributed by atoms with van der Waals surface area (Å²) in [5.74, 6) is 2.23. The second-order valence-corrected chi connectivity index (χ2v) is 4.54. The molecule has 0 fully saturated rings. The Bertz CT molecular complexity index is 352. The van der Waals surface area contributed by atoms with Crippen LogP contribution in [0.2, 0.25) is 0 Å². The van der Waals surface area contributed by atoms with E-state index in [1.807, 2.05) is 25.1 Å². The van der Waals surface area contributed by atoms with E-state index in [9.17, 15) is 4.79 Å². The third-order valence-electron chi connectivity index (χ3n) is 2.21. The van der Waals surface area contributed by atoms with Crippen molar-refractivity contribution in [3.63, 3.8) is 0 Å². The summed E-state index contributed by atoms with van der Waals surface area (Å²) in [6, 6.07) is 5.56. The highest BCUT2D eigenvalue weighted by atomic mass is 32.2. The molecule has 0 saturated carbocycles. The molecule has 1 unspecified atom stereocenters. The van der Waals surface area contributed by atoms with Gasteiger partial charge in [-0.05, 0) is 23.4 Å². The van der Waals surface area contributed by atoms with Crippen LogP contribution >= 0.6 is 11.8 Å². The molecule has 1 aromatic rings. The Hall–Kier alpha value is -1.16. The van der Waals surface area contributed by atoms with Gasteiger partial charge in [0.1, 0.15) is 6.29 Å². The molecule has 0 N–H and O–H groups in total. The smallest absolute Gasteiger partial charge is 0.161 e. The Labute approximate surface area is 100 Å². The zero-order valence-electron chi connectivity index (χ0n) is 9.73. The van der Waals surface area contributed by atoms with Crippen molar-refractivity contribution in [2.24, 2.45) is 0 Å². The van der Waals surface area contributed by atoms with Crippen LogP contribution in [0.1, 0.15) is 17.7 Å². The number of carbonyl (C=O) groups is 1. The largest absolute Gasteiger partial charge is 0.493 e. The molecule has 0 aliphatic heterocycles. The van der Waals surface area contributed by atoms with E-state index in [1.165, 1.54) is 0 Å². The molecule has 1 aromatic carbocycles. The number of ether oxygens (including phenoxy) is 2. The fraction of sp³-hybridized carbons (Fsp3) is 0.417. The van der Waals surface area contributed by atoms with Crippen LogP contribution in [0.5, 0.6) is 11.5 Å². The predicted octanol–water partition coefficient (Wildman–Crippen LogP) is 2.70. The van der Waals surface area contributed by atoms with Crippen molar-refractivity contribution in [1.29, 1.82) is 0 Å². The molecular weight excluding hydrogens is 224 g/mol. The van der Waals surface area contributed by atoms with Crippen molar-refractivity contribution in [3.8, 4) is 11.5 Å². The van der Waals surface area contributed by atoms with Gasteiger partial charge in [-0.3, -0.25) is 0 Å². The van der Waals surface area contributed by atoms with Gasteiger partial charge in [-0.1, -0.05) is 13.0 Å². The minimum atomic E-state index is -0.134. The maximum atomic E-state index is 11.0. The van der Waals surface area contributed by atoms with E-state index in [4.69, 9.17) is 9.47 Å². The van der Waals surface area contributed by atoms with E-state index in [-0.39, 0.29) is 5.25 Å². The Morgan fingerprint density at radius 1 is 1.31 bits per heavy atom. The maximum absolute atomic E-state index is 11.0. The van der Waals surface area contributed by atoms with Crippen molar-refractivity contribution in [3.05, 3.63) is 23.8 Å². The molecule has 0 aromatic heterocycles. The average molecular weight is 240 g/mol. The molecule has 0 saturated heterocycles. The highest BCUT2D eigenvalue weighted by Gasteiger charge is 2.13. The van der Waals surface area contributed by atoms with E-state index in [1.54, 1.807) is 26.0 Å². The highest BCUT2D eigenvalue weighted by Crippen LogP contribution is 2.34. The number of aldehydes is 1. The number of rotatable bonds is 6. The first-order valence-corrected chi connectivity index (χ1v) is 6.10. The summed E-state index contributed by atoms with van der Waals surface area (Å²) in [4.78, 5) is 11.0. The lowest BCUT2D eigenvalue weighted by Gasteiger charge is -2.13. The molecular formula is C12H16O3S. The first-order chi connectivity index (χ1) is 7.76. The van der Waals surface area contributed by atoms with Crippen molar-refractivity contribution >= 4 is 18.0 Å². The van der Waals surface area contributed by atoms with E-state index in [0.29, 0.717) is 11.5 Å². The zero-order chi connectivity index (χ0) is 12.0. The molecule has 3 nitrogen and oxygen atoms in total. The van der Waals surface area contributed by atoms with Gasteiger partial charge in [-0.15, -0.1) is 11.8 Å². The number of benzene rings is 1. The molecule has 0 spiro atoms. The molecule has 0 heterocycles. The molecule has 0 amide bonds. The van der Waals surface area contributed by atoms with Crippen LogP contribution in [0.15, 0.2) is 18.2 Å². The minimum absolute atomic E-state index is 0.134. The normalized spacial score (nSPS) is 11.9. The van der Waals surface area contributed by atoms with Gasteiger partial charge in [0.05, 0.1) is 19.5 Å². The Morgan fingerprint density at radius 3 is 2.50 bits per heavy atom. The van der Waals surface area contributed by atoms with E-state index >= 15 is 0 Å². The third kappa shape index (κ3) is 2.92. The topological polar surface area (TPSA) is 35.5 Å². The van der Waals surface area contributed by atoms with E-state index in [0.717, 1.165) is 17.6 Å². The minimum Gasteiger partial charge on any atom is -0.493 e. The van der Waals surface area contributed by atoms with Crippen molar-refractivity contribution < 1.29 is 14.3 Å². The Morgan fingerprint density at radius 2 is 2.00 bits per heavy atom. The van der Waals surface area contributed by atoms with Gasteiger partial charge in [-0.2, -0.15) is 0 Å². The zero-order valence-corrected chi connectivity index (χ0v) is 10.5.